The van der Waals surface area contributed by atoms with Gasteiger partial charge in [0.25, 0.3) is 0 Å². The summed E-state index contributed by atoms with van der Waals surface area (Å²) in [5.41, 5.74) is -1.02. The third-order valence-corrected chi connectivity index (χ3v) is 5.98. The molecule has 1 saturated carbocycles. The topological polar surface area (TPSA) is 86.7 Å². The lowest BCUT2D eigenvalue weighted by molar-refractivity contribution is -0.176. The molecule has 0 aromatic rings. The monoisotopic (exact) mass is 388 g/mol. The molecule has 9 heteroatoms. The van der Waals surface area contributed by atoms with E-state index in [4.69, 9.17) is 0 Å². The fourth-order valence-corrected chi connectivity index (χ4v) is 4.79. The van der Waals surface area contributed by atoms with Crippen LogP contribution in [0.4, 0.5) is 13.2 Å². The van der Waals surface area contributed by atoms with Gasteiger partial charge in [0.1, 0.15) is 12.1 Å². The van der Waals surface area contributed by atoms with Crippen LogP contribution in [0.3, 0.4) is 0 Å². The van der Waals surface area contributed by atoms with E-state index < -0.39 is 41.5 Å². The van der Waals surface area contributed by atoms with E-state index in [1.54, 1.807) is 5.32 Å². The minimum Gasteiger partial charge on any atom is -0.480 e. The Kier molecular flexibility index (Phi) is 4.55. The molecule has 150 valence electrons. The summed E-state index contributed by atoms with van der Waals surface area (Å²) in [5.74, 6) is -4.13. The van der Waals surface area contributed by atoms with Crippen molar-refractivity contribution in [2.45, 2.75) is 45.5 Å². The third kappa shape index (κ3) is 3.32. The van der Waals surface area contributed by atoms with Crippen molar-refractivity contribution in [3.8, 4) is 0 Å². The summed E-state index contributed by atoms with van der Waals surface area (Å²) in [6.07, 6.45) is -0.261. The Bertz CT molecular complexity index is 698. The molecule has 0 radical (unpaired) electrons. The minimum atomic E-state index is -5.12. The van der Waals surface area contributed by atoms with E-state index >= 15 is 0 Å². The zero-order chi connectivity index (χ0) is 20.3. The van der Waals surface area contributed by atoms with Gasteiger partial charge in [-0.2, -0.15) is 13.2 Å². The van der Waals surface area contributed by atoms with Gasteiger partial charge in [0.2, 0.25) is 5.91 Å². The van der Waals surface area contributed by atoms with Crippen molar-refractivity contribution in [3.05, 3.63) is 12.2 Å². The Labute approximate surface area is 154 Å². The average molecular weight is 388 g/mol. The molecule has 0 aromatic heterocycles. The predicted octanol–water partition coefficient (Wildman–Crippen LogP) is 1.81. The van der Waals surface area contributed by atoms with E-state index in [2.05, 4.69) is 0 Å². The van der Waals surface area contributed by atoms with E-state index in [1.165, 1.54) is 20.8 Å². The van der Waals surface area contributed by atoms with Crippen molar-refractivity contribution in [1.29, 1.82) is 0 Å². The number of hydrogen-bond acceptors (Lipinski definition) is 3. The zero-order valence-electron chi connectivity index (χ0n) is 15.3. The molecular formula is C18H23F3N2O4. The Hall–Kier alpha value is -2.06. The molecule has 2 aliphatic carbocycles. The first-order chi connectivity index (χ1) is 12.3. The Morgan fingerprint density at radius 1 is 1.15 bits per heavy atom. The number of halogens is 3. The summed E-state index contributed by atoms with van der Waals surface area (Å²) in [6, 6.07) is -2.56. The third-order valence-electron chi connectivity index (χ3n) is 5.98. The number of aliphatic carboxylic acids is 1. The molecule has 3 aliphatic rings. The maximum atomic E-state index is 13.1. The summed E-state index contributed by atoms with van der Waals surface area (Å²) in [7, 11) is 0. The van der Waals surface area contributed by atoms with Gasteiger partial charge in [-0.25, -0.2) is 4.79 Å². The van der Waals surface area contributed by atoms with Crippen LogP contribution in [0.25, 0.3) is 0 Å². The van der Waals surface area contributed by atoms with Crippen molar-refractivity contribution in [1.82, 2.24) is 10.2 Å². The molecule has 2 fully saturated rings. The van der Waals surface area contributed by atoms with Gasteiger partial charge in [-0.1, -0.05) is 32.9 Å². The number of carboxylic acid groups (broad SMARTS) is 1. The SMILES string of the molecule is CC(C)(C)[C@H](NC(=O)C(F)(F)F)C(=O)N1C[C@H]2[C@@H]([C@H]1C(=O)O)[C@H]1C=C[C@@H]2C1. The summed E-state index contributed by atoms with van der Waals surface area (Å²) in [6.45, 7) is 4.78. The van der Waals surface area contributed by atoms with Gasteiger partial charge in [0.05, 0.1) is 0 Å². The van der Waals surface area contributed by atoms with Crippen LogP contribution in [0.2, 0.25) is 0 Å². The molecule has 0 aromatic carbocycles. The molecule has 1 heterocycles. The van der Waals surface area contributed by atoms with E-state index in [1.807, 2.05) is 12.2 Å². The molecule has 3 rings (SSSR count). The Morgan fingerprint density at radius 3 is 2.26 bits per heavy atom. The largest absolute Gasteiger partial charge is 0.480 e. The normalized spacial score (nSPS) is 33.1. The number of allylic oxidation sites excluding steroid dienone is 2. The number of likely N-dealkylation sites (tertiary alicyclic amines) is 1. The van der Waals surface area contributed by atoms with Gasteiger partial charge in [-0.3, -0.25) is 9.59 Å². The van der Waals surface area contributed by atoms with Crippen LogP contribution < -0.4 is 5.32 Å². The highest BCUT2D eigenvalue weighted by Gasteiger charge is 2.59. The van der Waals surface area contributed by atoms with Gasteiger partial charge in [-0.05, 0) is 29.6 Å². The van der Waals surface area contributed by atoms with E-state index in [9.17, 15) is 32.7 Å². The van der Waals surface area contributed by atoms with Gasteiger partial charge in [0.15, 0.2) is 0 Å². The lowest BCUT2D eigenvalue weighted by Gasteiger charge is -2.36. The molecule has 1 saturated heterocycles. The summed E-state index contributed by atoms with van der Waals surface area (Å²) >= 11 is 0. The second-order valence-electron chi connectivity index (χ2n) is 8.73. The number of nitrogens with zero attached hydrogens (tertiary/aromatic N) is 1. The van der Waals surface area contributed by atoms with Crippen LogP contribution in [0.5, 0.6) is 0 Å². The molecule has 2 amide bonds. The smallest absolute Gasteiger partial charge is 0.471 e. The summed E-state index contributed by atoms with van der Waals surface area (Å²) in [5, 5.41) is 11.5. The molecule has 0 unspecified atom stereocenters. The number of carbonyl (C=O) groups excluding carboxylic acids is 2. The second-order valence-corrected chi connectivity index (χ2v) is 8.73. The number of amides is 2. The van der Waals surface area contributed by atoms with Crippen molar-refractivity contribution in [3.63, 3.8) is 0 Å². The van der Waals surface area contributed by atoms with E-state index in [0.717, 1.165) is 11.3 Å². The van der Waals surface area contributed by atoms with Crippen molar-refractivity contribution in [2.24, 2.45) is 29.1 Å². The Morgan fingerprint density at radius 2 is 1.74 bits per heavy atom. The molecule has 6 nitrogen and oxygen atoms in total. The summed E-state index contributed by atoms with van der Waals surface area (Å²) < 4.78 is 38.1. The number of rotatable bonds is 3. The first kappa shape index (κ1) is 19.7. The fourth-order valence-electron chi connectivity index (χ4n) is 4.79. The highest BCUT2D eigenvalue weighted by Crippen LogP contribution is 2.54. The van der Waals surface area contributed by atoms with Crippen LogP contribution in [0.15, 0.2) is 12.2 Å². The first-order valence-electron chi connectivity index (χ1n) is 8.91. The van der Waals surface area contributed by atoms with Gasteiger partial charge < -0.3 is 15.3 Å². The molecule has 1 aliphatic heterocycles. The lowest BCUT2D eigenvalue weighted by Crippen LogP contribution is -2.59. The lowest BCUT2D eigenvalue weighted by atomic mass is 9.82. The molecule has 27 heavy (non-hydrogen) atoms. The molecular weight excluding hydrogens is 365 g/mol. The first-order valence-corrected chi connectivity index (χ1v) is 8.91. The quantitative estimate of drug-likeness (QED) is 0.722. The average Bonchev–Trinajstić information content (AvgIpc) is 3.19. The van der Waals surface area contributed by atoms with Crippen molar-refractivity contribution in [2.75, 3.05) is 6.54 Å². The maximum Gasteiger partial charge on any atom is 0.471 e. The summed E-state index contributed by atoms with van der Waals surface area (Å²) in [4.78, 5) is 37.6. The predicted molar refractivity (Wildman–Crippen MR) is 88.3 cm³/mol. The van der Waals surface area contributed by atoms with Crippen molar-refractivity contribution < 1.29 is 32.7 Å². The molecule has 0 spiro atoms. The van der Waals surface area contributed by atoms with Crippen LogP contribution in [-0.2, 0) is 14.4 Å². The fraction of sp³-hybridized carbons (Fsp3) is 0.722. The van der Waals surface area contributed by atoms with Gasteiger partial charge >= 0.3 is 18.1 Å². The highest BCUT2D eigenvalue weighted by molar-refractivity contribution is 5.93. The van der Waals surface area contributed by atoms with E-state index in [-0.39, 0.29) is 30.2 Å². The second kappa shape index (κ2) is 6.24. The number of hydrogen-bond donors (Lipinski definition) is 2. The van der Waals surface area contributed by atoms with Crippen LogP contribution >= 0.6 is 0 Å². The number of carboxylic acids is 1. The number of carbonyl (C=O) groups is 3. The molecule has 6 atom stereocenters. The molecule has 2 N–H and O–H groups in total. The number of alkyl halides is 3. The standard InChI is InChI=1S/C18H23F3N2O4/c1-17(2,3)13(22-16(27)18(19,20)21)14(24)23-7-10-8-4-5-9(6-8)11(10)12(23)15(25)26/h4-5,8-13H,6-7H2,1-3H3,(H,22,27)(H,25,26)/t8-,9+,10-,11+,12+,13-/m1/s1. The van der Waals surface area contributed by atoms with Gasteiger partial charge in [0, 0.05) is 12.5 Å². The van der Waals surface area contributed by atoms with Crippen LogP contribution in [0, 0.1) is 29.1 Å². The zero-order valence-corrected chi connectivity index (χ0v) is 15.3. The maximum absolute atomic E-state index is 13.1. The van der Waals surface area contributed by atoms with Crippen LogP contribution in [-0.4, -0.2) is 52.6 Å². The van der Waals surface area contributed by atoms with E-state index in [0.29, 0.717) is 0 Å². The number of nitrogens with one attached hydrogen (secondary N) is 1. The number of fused-ring (bicyclic) bond motifs is 5. The minimum absolute atomic E-state index is 0.0102. The van der Waals surface area contributed by atoms with Crippen molar-refractivity contribution >= 4 is 17.8 Å². The van der Waals surface area contributed by atoms with Crippen LogP contribution in [0.1, 0.15) is 27.2 Å². The highest BCUT2D eigenvalue weighted by atomic mass is 19.4. The Balaban J connectivity index is 1.87. The van der Waals surface area contributed by atoms with Gasteiger partial charge in [-0.15, -0.1) is 0 Å². The molecule has 2 bridgehead atoms.